The maximum atomic E-state index is 11.9. The van der Waals surface area contributed by atoms with Crippen LogP contribution in [0.4, 0.5) is 5.13 Å². The Bertz CT molecular complexity index is 583. The van der Waals surface area contributed by atoms with E-state index >= 15 is 0 Å². The van der Waals surface area contributed by atoms with Crippen LogP contribution < -0.4 is 15.8 Å². The van der Waals surface area contributed by atoms with Crippen LogP contribution in [0.15, 0.2) is 29.6 Å². The Morgan fingerprint density at radius 2 is 2.32 bits per heavy atom. The minimum Gasteiger partial charge on any atom is -0.497 e. The lowest BCUT2D eigenvalue weighted by molar-refractivity contribution is 0.0935. The predicted molar refractivity (Wildman–Crippen MR) is 75.4 cm³/mol. The van der Waals surface area contributed by atoms with Crippen LogP contribution in [0.2, 0.25) is 0 Å². The van der Waals surface area contributed by atoms with Gasteiger partial charge in [-0.05, 0) is 24.6 Å². The summed E-state index contributed by atoms with van der Waals surface area (Å²) in [7, 11) is 1.61. The molecule has 0 saturated heterocycles. The molecule has 0 saturated carbocycles. The van der Waals surface area contributed by atoms with Crippen molar-refractivity contribution in [3.05, 3.63) is 40.9 Å². The average molecular weight is 277 g/mol. The van der Waals surface area contributed by atoms with Gasteiger partial charge in [-0.25, -0.2) is 4.98 Å². The van der Waals surface area contributed by atoms with Crippen molar-refractivity contribution < 1.29 is 9.53 Å². The van der Waals surface area contributed by atoms with Crippen LogP contribution in [-0.2, 0) is 0 Å². The van der Waals surface area contributed by atoms with Gasteiger partial charge in [0, 0.05) is 5.38 Å². The van der Waals surface area contributed by atoms with Crippen molar-refractivity contribution in [3.63, 3.8) is 0 Å². The number of nitrogen functional groups attached to an aromatic ring is 1. The standard InChI is InChI=1S/C13H15N3O2S/c1-8(9-4-3-5-10(6-9)18-2)15-12(17)11-7-19-13(14)16-11/h3-8H,1-2H3,(H2,14,16)(H,15,17)/t8-/m1/s1. The molecule has 0 aliphatic carbocycles. The van der Waals surface area contributed by atoms with Crippen molar-refractivity contribution in [3.8, 4) is 5.75 Å². The highest BCUT2D eigenvalue weighted by Gasteiger charge is 2.14. The summed E-state index contributed by atoms with van der Waals surface area (Å²) < 4.78 is 5.16. The minimum atomic E-state index is -0.233. The number of hydrogen-bond acceptors (Lipinski definition) is 5. The van der Waals surface area contributed by atoms with Gasteiger partial charge in [-0.3, -0.25) is 4.79 Å². The van der Waals surface area contributed by atoms with E-state index in [2.05, 4.69) is 10.3 Å². The van der Waals surface area contributed by atoms with Gasteiger partial charge in [0.1, 0.15) is 11.4 Å². The van der Waals surface area contributed by atoms with E-state index in [-0.39, 0.29) is 11.9 Å². The van der Waals surface area contributed by atoms with Crippen molar-refractivity contribution in [2.45, 2.75) is 13.0 Å². The van der Waals surface area contributed by atoms with Gasteiger partial charge in [0.2, 0.25) is 0 Å². The summed E-state index contributed by atoms with van der Waals surface area (Å²) in [6.45, 7) is 1.91. The molecule has 1 amide bonds. The average Bonchev–Trinajstić information content (AvgIpc) is 2.85. The highest BCUT2D eigenvalue weighted by atomic mass is 32.1. The summed E-state index contributed by atoms with van der Waals surface area (Å²) in [5.41, 5.74) is 6.82. The molecule has 6 heteroatoms. The number of carbonyl (C=O) groups excluding carboxylic acids is 1. The number of rotatable bonds is 4. The Labute approximate surface area is 115 Å². The molecule has 2 rings (SSSR count). The first kappa shape index (κ1) is 13.4. The normalized spacial score (nSPS) is 11.9. The van der Waals surface area contributed by atoms with E-state index in [1.54, 1.807) is 12.5 Å². The molecule has 5 nitrogen and oxygen atoms in total. The van der Waals surface area contributed by atoms with E-state index in [0.717, 1.165) is 11.3 Å². The number of methoxy groups -OCH3 is 1. The van der Waals surface area contributed by atoms with Crippen molar-refractivity contribution in [2.24, 2.45) is 0 Å². The van der Waals surface area contributed by atoms with E-state index < -0.39 is 0 Å². The molecular weight excluding hydrogens is 262 g/mol. The van der Waals surface area contributed by atoms with Crippen LogP contribution >= 0.6 is 11.3 Å². The molecule has 0 radical (unpaired) electrons. The fraction of sp³-hybridized carbons (Fsp3) is 0.231. The third-order valence-electron chi connectivity index (χ3n) is 2.70. The monoisotopic (exact) mass is 277 g/mol. The summed E-state index contributed by atoms with van der Waals surface area (Å²) in [6.07, 6.45) is 0. The molecule has 0 bridgehead atoms. The quantitative estimate of drug-likeness (QED) is 0.898. The fourth-order valence-corrected chi connectivity index (χ4v) is 2.20. The van der Waals surface area contributed by atoms with Crippen LogP contribution in [0, 0.1) is 0 Å². The maximum absolute atomic E-state index is 11.9. The number of anilines is 1. The van der Waals surface area contributed by atoms with Gasteiger partial charge in [0.15, 0.2) is 5.13 Å². The van der Waals surface area contributed by atoms with Crippen LogP contribution in [0.5, 0.6) is 5.75 Å². The largest absolute Gasteiger partial charge is 0.497 e. The molecule has 0 spiro atoms. The number of nitrogens with zero attached hydrogens (tertiary/aromatic N) is 1. The summed E-state index contributed by atoms with van der Waals surface area (Å²) in [5.74, 6) is 0.528. The first-order valence-electron chi connectivity index (χ1n) is 5.76. The number of hydrogen-bond donors (Lipinski definition) is 2. The van der Waals surface area contributed by atoms with Gasteiger partial charge in [-0.1, -0.05) is 12.1 Å². The summed E-state index contributed by atoms with van der Waals surface area (Å²) >= 11 is 1.25. The topological polar surface area (TPSA) is 77.2 Å². The van der Waals surface area contributed by atoms with E-state index in [9.17, 15) is 4.79 Å². The Balaban J connectivity index is 2.08. The number of amides is 1. The molecule has 0 fully saturated rings. The molecule has 1 aromatic heterocycles. The molecule has 1 atom stereocenters. The lowest BCUT2D eigenvalue weighted by Crippen LogP contribution is -2.26. The zero-order chi connectivity index (χ0) is 13.8. The number of nitrogens with one attached hydrogen (secondary N) is 1. The number of aromatic nitrogens is 1. The second-order valence-electron chi connectivity index (χ2n) is 4.04. The number of thiazole rings is 1. The smallest absolute Gasteiger partial charge is 0.271 e. The van der Waals surface area contributed by atoms with Gasteiger partial charge >= 0.3 is 0 Å². The molecule has 0 aliphatic heterocycles. The van der Waals surface area contributed by atoms with E-state index in [1.165, 1.54) is 11.3 Å². The summed E-state index contributed by atoms with van der Waals surface area (Å²) in [6, 6.07) is 7.44. The zero-order valence-electron chi connectivity index (χ0n) is 10.7. The van der Waals surface area contributed by atoms with Crippen LogP contribution in [-0.4, -0.2) is 18.0 Å². The minimum absolute atomic E-state index is 0.134. The van der Waals surface area contributed by atoms with E-state index in [4.69, 9.17) is 10.5 Å². The van der Waals surface area contributed by atoms with Crippen molar-refractivity contribution in [1.29, 1.82) is 0 Å². The second kappa shape index (κ2) is 5.71. The Morgan fingerprint density at radius 3 is 2.95 bits per heavy atom. The first-order valence-corrected chi connectivity index (χ1v) is 6.64. The second-order valence-corrected chi connectivity index (χ2v) is 4.93. The number of carbonyl (C=O) groups is 1. The molecule has 19 heavy (non-hydrogen) atoms. The third-order valence-corrected chi connectivity index (χ3v) is 3.37. The van der Waals surface area contributed by atoms with E-state index in [0.29, 0.717) is 10.8 Å². The van der Waals surface area contributed by atoms with Crippen molar-refractivity contribution >= 4 is 22.4 Å². The fourth-order valence-electron chi connectivity index (χ4n) is 1.66. The van der Waals surface area contributed by atoms with Crippen LogP contribution in [0.25, 0.3) is 0 Å². The maximum Gasteiger partial charge on any atom is 0.271 e. The van der Waals surface area contributed by atoms with Gasteiger partial charge in [-0.15, -0.1) is 11.3 Å². The highest BCUT2D eigenvalue weighted by Crippen LogP contribution is 2.19. The molecule has 2 aromatic rings. The predicted octanol–water partition coefficient (Wildman–Crippen LogP) is 2.22. The van der Waals surface area contributed by atoms with Gasteiger partial charge in [-0.2, -0.15) is 0 Å². The molecular formula is C13H15N3O2S. The van der Waals surface area contributed by atoms with Gasteiger partial charge < -0.3 is 15.8 Å². The zero-order valence-corrected chi connectivity index (χ0v) is 11.5. The molecule has 100 valence electrons. The first-order chi connectivity index (χ1) is 9.10. The van der Waals surface area contributed by atoms with Gasteiger partial charge in [0.05, 0.1) is 13.2 Å². The van der Waals surface area contributed by atoms with Crippen LogP contribution in [0.3, 0.4) is 0 Å². The number of nitrogens with two attached hydrogens (primary N) is 1. The molecule has 3 N–H and O–H groups in total. The molecule has 1 heterocycles. The lowest BCUT2D eigenvalue weighted by atomic mass is 10.1. The molecule has 0 unspecified atom stereocenters. The Morgan fingerprint density at radius 1 is 1.53 bits per heavy atom. The third kappa shape index (κ3) is 3.23. The van der Waals surface area contributed by atoms with Crippen molar-refractivity contribution in [1.82, 2.24) is 10.3 Å². The van der Waals surface area contributed by atoms with E-state index in [1.807, 2.05) is 31.2 Å². The molecule has 0 aliphatic rings. The highest BCUT2D eigenvalue weighted by molar-refractivity contribution is 7.13. The summed E-state index contributed by atoms with van der Waals surface area (Å²) in [5, 5.41) is 4.90. The summed E-state index contributed by atoms with van der Waals surface area (Å²) in [4.78, 5) is 15.9. The number of ether oxygens (including phenoxy) is 1. The van der Waals surface area contributed by atoms with Crippen LogP contribution in [0.1, 0.15) is 29.0 Å². The SMILES string of the molecule is COc1cccc([C@@H](C)NC(=O)c2csc(N)n2)c1. The van der Waals surface area contributed by atoms with Gasteiger partial charge in [0.25, 0.3) is 5.91 Å². The van der Waals surface area contributed by atoms with Crippen molar-refractivity contribution in [2.75, 3.05) is 12.8 Å². The lowest BCUT2D eigenvalue weighted by Gasteiger charge is -2.14. The Hall–Kier alpha value is -2.08. The Kier molecular flexibility index (Phi) is 4.01. The molecule has 1 aromatic carbocycles. The number of benzene rings is 1.